The molecule has 102 valence electrons. The van der Waals surface area contributed by atoms with E-state index in [1.165, 1.54) is 12.4 Å². The van der Waals surface area contributed by atoms with Crippen LogP contribution in [0.2, 0.25) is 0 Å². The number of pyridine rings is 1. The molecular weight excluding hydrogens is 291 g/mol. The van der Waals surface area contributed by atoms with Gasteiger partial charge >= 0.3 is 6.18 Å². The number of anilines is 1. The van der Waals surface area contributed by atoms with Crippen molar-refractivity contribution in [2.75, 3.05) is 5.73 Å². The predicted molar refractivity (Wildman–Crippen MR) is 67.9 cm³/mol. The van der Waals surface area contributed by atoms with Crippen molar-refractivity contribution in [2.45, 2.75) is 6.18 Å². The van der Waals surface area contributed by atoms with Crippen LogP contribution in [0.5, 0.6) is 0 Å². The number of alkyl halides is 3. The Morgan fingerprint density at radius 1 is 1.15 bits per heavy atom. The van der Waals surface area contributed by atoms with E-state index in [0.717, 1.165) is 5.51 Å². The molecule has 0 amide bonds. The smallest absolute Gasteiger partial charge is 0.397 e. The quantitative estimate of drug-likeness (QED) is 0.747. The number of aromatic nitrogens is 4. The molecule has 0 spiro atoms. The summed E-state index contributed by atoms with van der Waals surface area (Å²) in [6.07, 6.45) is -1.84. The molecule has 0 aliphatic heterocycles. The van der Waals surface area contributed by atoms with Gasteiger partial charge in [-0.3, -0.25) is 0 Å². The van der Waals surface area contributed by atoms with Crippen LogP contribution in [0.25, 0.3) is 22.6 Å². The molecule has 20 heavy (non-hydrogen) atoms. The molecule has 3 heterocycles. The molecule has 3 rings (SSSR count). The Morgan fingerprint density at radius 3 is 2.70 bits per heavy atom. The highest BCUT2D eigenvalue weighted by atomic mass is 32.1. The third-order valence-electron chi connectivity index (χ3n) is 2.55. The van der Waals surface area contributed by atoms with Crippen molar-refractivity contribution in [3.05, 3.63) is 28.8 Å². The number of nitrogens with two attached hydrogens (primary N) is 1. The highest BCUT2D eigenvalue weighted by molar-refractivity contribution is 7.10. The first kappa shape index (κ1) is 12.7. The number of rotatable bonds is 1. The maximum absolute atomic E-state index is 12.8. The average molecular weight is 297 g/mol. The minimum Gasteiger partial charge on any atom is -0.397 e. The lowest BCUT2D eigenvalue weighted by atomic mass is 10.2. The summed E-state index contributed by atoms with van der Waals surface area (Å²) in [6, 6.07) is 1.54. The summed E-state index contributed by atoms with van der Waals surface area (Å²) in [6.45, 7) is 0. The largest absolute Gasteiger partial charge is 0.427 e. The number of hydrogen-bond acceptors (Lipinski definition) is 6. The average Bonchev–Trinajstić information content (AvgIpc) is 2.87. The molecule has 0 aromatic carbocycles. The van der Waals surface area contributed by atoms with Crippen LogP contribution in [0.4, 0.5) is 18.9 Å². The van der Waals surface area contributed by atoms with Gasteiger partial charge in [0, 0.05) is 6.20 Å². The molecule has 0 saturated heterocycles. The molecule has 5 nitrogen and oxygen atoms in total. The van der Waals surface area contributed by atoms with Gasteiger partial charge in [-0.05, 0) is 6.07 Å². The maximum atomic E-state index is 12.8. The van der Waals surface area contributed by atoms with Crippen molar-refractivity contribution in [1.29, 1.82) is 0 Å². The van der Waals surface area contributed by atoms with Gasteiger partial charge in [-0.25, -0.2) is 19.9 Å². The van der Waals surface area contributed by atoms with Crippen LogP contribution in [0.3, 0.4) is 0 Å². The molecular formula is C11H6F3N5S. The zero-order valence-corrected chi connectivity index (χ0v) is 10.5. The third-order valence-corrected chi connectivity index (χ3v) is 3.42. The molecule has 9 heteroatoms. The Kier molecular flexibility index (Phi) is 2.78. The zero-order chi connectivity index (χ0) is 14.3. The van der Waals surface area contributed by atoms with Crippen LogP contribution in [-0.2, 0) is 6.18 Å². The second-order valence-electron chi connectivity index (χ2n) is 3.86. The molecule has 0 aliphatic carbocycles. The number of halogens is 3. The lowest BCUT2D eigenvalue weighted by Gasteiger charge is -2.06. The maximum Gasteiger partial charge on any atom is 0.427 e. The Labute approximate surface area is 114 Å². The molecule has 0 atom stereocenters. The summed E-state index contributed by atoms with van der Waals surface area (Å²) in [4.78, 5) is 14.9. The second-order valence-corrected chi connectivity index (χ2v) is 4.71. The van der Waals surface area contributed by atoms with Crippen LogP contribution in [-0.4, -0.2) is 19.9 Å². The Morgan fingerprint density at radius 2 is 1.95 bits per heavy atom. The van der Waals surface area contributed by atoms with Gasteiger partial charge in [-0.2, -0.15) is 13.2 Å². The fraction of sp³-hybridized carbons (Fsp3) is 0.0909. The molecule has 0 radical (unpaired) electrons. The summed E-state index contributed by atoms with van der Waals surface area (Å²) in [7, 11) is 0. The first-order valence-corrected chi connectivity index (χ1v) is 6.23. The highest BCUT2D eigenvalue weighted by Gasteiger charge is 2.36. The van der Waals surface area contributed by atoms with Crippen LogP contribution >= 0.6 is 11.3 Å². The van der Waals surface area contributed by atoms with E-state index in [1.807, 2.05) is 0 Å². The topological polar surface area (TPSA) is 77.6 Å². The summed E-state index contributed by atoms with van der Waals surface area (Å²) in [5.74, 6) is 0. The van der Waals surface area contributed by atoms with Gasteiger partial charge in [0.05, 0.1) is 17.4 Å². The van der Waals surface area contributed by atoms with Crippen molar-refractivity contribution in [3.63, 3.8) is 0 Å². The van der Waals surface area contributed by atoms with Crippen LogP contribution in [0, 0.1) is 0 Å². The van der Waals surface area contributed by atoms with Gasteiger partial charge in [-0.15, -0.1) is 11.3 Å². The van der Waals surface area contributed by atoms with E-state index in [1.54, 1.807) is 6.07 Å². The molecule has 0 saturated carbocycles. The van der Waals surface area contributed by atoms with Crippen molar-refractivity contribution < 1.29 is 13.2 Å². The molecule has 3 aromatic rings. The summed E-state index contributed by atoms with van der Waals surface area (Å²) in [5.41, 5.74) is 7.47. The van der Waals surface area contributed by atoms with Crippen molar-refractivity contribution in [2.24, 2.45) is 0 Å². The lowest BCUT2D eigenvalue weighted by molar-refractivity contribution is -0.134. The first-order valence-electron chi connectivity index (χ1n) is 5.35. The van der Waals surface area contributed by atoms with Gasteiger partial charge in [-0.1, -0.05) is 0 Å². The van der Waals surface area contributed by atoms with Crippen molar-refractivity contribution in [1.82, 2.24) is 19.9 Å². The Balaban J connectivity index is 2.19. The highest BCUT2D eigenvalue weighted by Crippen LogP contribution is 2.38. The van der Waals surface area contributed by atoms with E-state index in [9.17, 15) is 13.2 Å². The number of fused-ring (bicyclic) bond motifs is 1. The van der Waals surface area contributed by atoms with E-state index in [-0.39, 0.29) is 17.0 Å². The number of nitrogens with zero attached hydrogens (tertiary/aromatic N) is 4. The van der Waals surface area contributed by atoms with E-state index in [2.05, 4.69) is 19.9 Å². The molecule has 0 bridgehead atoms. The summed E-state index contributed by atoms with van der Waals surface area (Å²) >= 11 is 0.511. The van der Waals surface area contributed by atoms with Crippen molar-refractivity contribution >= 4 is 28.2 Å². The normalized spacial score (nSPS) is 11.9. The molecule has 0 aliphatic rings. The van der Waals surface area contributed by atoms with E-state index in [4.69, 9.17) is 5.73 Å². The number of nitrogen functional groups attached to an aromatic ring is 1. The van der Waals surface area contributed by atoms with Crippen LogP contribution in [0.1, 0.15) is 4.88 Å². The molecule has 0 unspecified atom stereocenters. The lowest BCUT2D eigenvalue weighted by Crippen LogP contribution is -2.05. The Bertz CT molecular complexity index is 783. The van der Waals surface area contributed by atoms with Gasteiger partial charge in [0.25, 0.3) is 0 Å². The number of thiazole rings is 1. The molecule has 0 fully saturated rings. The zero-order valence-electron chi connectivity index (χ0n) is 9.72. The minimum atomic E-state index is -4.48. The van der Waals surface area contributed by atoms with Crippen molar-refractivity contribution in [3.8, 4) is 11.4 Å². The SMILES string of the molecule is Nc1ccnc2nc(-c3ncsc3C(F)(F)F)cnc12. The van der Waals surface area contributed by atoms with Gasteiger partial charge in [0.2, 0.25) is 0 Å². The van der Waals surface area contributed by atoms with Gasteiger partial charge in [0.1, 0.15) is 21.8 Å². The summed E-state index contributed by atoms with van der Waals surface area (Å²) in [5, 5.41) is 0. The Hall–Kier alpha value is -2.29. The third kappa shape index (κ3) is 2.05. The van der Waals surface area contributed by atoms with Crippen LogP contribution in [0.15, 0.2) is 24.0 Å². The fourth-order valence-corrected chi connectivity index (χ4v) is 2.35. The monoisotopic (exact) mass is 297 g/mol. The molecule has 2 N–H and O–H groups in total. The number of hydrogen-bond donors (Lipinski definition) is 1. The van der Waals surface area contributed by atoms with Gasteiger partial charge in [0.15, 0.2) is 5.65 Å². The second kappa shape index (κ2) is 4.37. The van der Waals surface area contributed by atoms with Crippen LogP contribution < -0.4 is 5.73 Å². The predicted octanol–water partition coefficient (Wildman–Crippen LogP) is 2.75. The summed E-state index contributed by atoms with van der Waals surface area (Å²) < 4.78 is 38.5. The fourth-order valence-electron chi connectivity index (χ4n) is 1.68. The standard InChI is InChI=1S/C11H6F3N5S/c12-11(13,14)9-8(18-4-20-9)6-3-17-7-5(15)1-2-16-10(7)19-6/h1-4H,(H2,15,16,19). The minimum absolute atomic E-state index is 0.0178. The first-order chi connectivity index (χ1) is 9.47. The van der Waals surface area contributed by atoms with Gasteiger partial charge < -0.3 is 5.73 Å². The van der Waals surface area contributed by atoms with E-state index >= 15 is 0 Å². The van der Waals surface area contributed by atoms with E-state index < -0.39 is 11.1 Å². The van der Waals surface area contributed by atoms with E-state index in [0.29, 0.717) is 22.5 Å². The molecule has 3 aromatic heterocycles.